The molecule has 2 aromatic carbocycles. The first-order chi connectivity index (χ1) is 12.4. The summed E-state index contributed by atoms with van der Waals surface area (Å²) in [6.45, 7) is 0.502. The molecule has 0 fully saturated rings. The van der Waals surface area contributed by atoms with Gasteiger partial charge in [-0.25, -0.2) is 4.79 Å². The lowest BCUT2D eigenvalue weighted by Gasteiger charge is -2.24. The molecule has 26 heavy (non-hydrogen) atoms. The van der Waals surface area contributed by atoms with E-state index in [1.807, 2.05) is 18.2 Å². The highest BCUT2D eigenvalue weighted by atomic mass is 32.2. The van der Waals surface area contributed by atoms with Gasteiger partial charge in [0.1, 0.15) is 0 Å². The molecular weight excluding hydrogens is 352 g/mol. The molecule has 2 aromatic rings. The molecule has 0 N–H and O–H groups in total. The fourth-order valence-corrected chi connectivity index (χ4v) is 3.62. The minimum Gasteiger partial charge on any atom is -0.380 e. The highest BCUT2D eigenvalue weighted by Gasteiger charge is 2.21. The molecule has 0 aromatic heterocycles. The summed E-state index contributed by atoms with van der Waals surface area (Å²) in [4.78, 5) is 12.1. The van der Waals surface area contributed by atoms with Crippen LogP contribution in [0.2, 0.25) is 0 Å². The zero-order chi connectivity index (χ0) is 18.7. The molecule has 136 valence electrons. The number of methoxy groups -OCH3 is 1. The second-order valence-corrected chi connectivity index (χ2v) is 7.80. The number of carbonyl (C=O) groups excluding carboxylic acids is 1. The summed E-state index contributed by atoms with van der Waals surface area (Å²) in [6.07, 6.45) is 2.66. The van der Waals surface area contributed by atoms with Crippen LogP contribution in [-0.2, 0) is 25.5 Å². The number of hydrogen-bond acceptors (Lipinski definition) is 5. The third-order valence-electron chi connectivity index (χ3n) is 4.27. The number of fused-ring (bicyclic) bond motifs is 1. The van der Waals surface area contributed by atoms with Gasteiger partial charge in [-0.05, 0) is 52.8 Å². The van der Waals surface area contributed by atoms with E-state index < -0.39 is 16.1 Å². The van der Waals surface area contributed by atoms with Crippen LogP contribution in [0.3, 0.4) is 0 Å². The Kier molecular flexibility index (Phi) is 5.25. The van der Waals surface area contributed by atoms with E-state index in [0.717, 1.165) is 41.4 Å². The van der Waals surface area contributed by atoms with Crippen LogP contribution >= 0.6 is 0 Å². The molecule has 0 bridgehead atoms. The monoisotopic (exact) mass is 372 g/mol. The van der Waals surface area contributed by atoms with Gasteiger partial charge in [0, 0.05) is 7.11 Å². The van der Waals surface area contributed by atoms with Crippen molar-refractivity contribution in [3.8, 4) is 0 Å². The lowest BCUT2D eigenvalue weighted by Crippen LogP contribution is -2.13. The first-order valence-corrected chi connectivity index (χ1v) is 10.0. The van der Waals surface area contributed by atoms with E-state index in [-0.39, 0.29) is 5.56 Å². The van der Waals surface area contributed by atoms with Gasteiger partial charge in [-0.1, -0.05) is 36.4 Å². The van der Waals surface area contributed by atoms with E-state index in [0.29, 0.717) is 6.61 Å². The van der Waals surface area contributed by atoms with Crippen molar-refractivity contribution in [2.45, 2.75) is 12.8 Å². The number of carbonyl (C=O) groups is 1. The first-order valence-electron chi connectivity index (χ1n) is 8.22. The normalized spacial score (nSPS) is 14.1. The van der Waals surface area contributed by atoms with Crippen molar-refractivity contribution in [1.29, 1.82) is 0 Å². The maximum absolute atomic E-state index is 12.1. The summed E-state index contributed by atoms with van der Waals surface area (Å²) in [6, 6.07) is 15.0. The molecule has 0 aliphatic heterocycles. The largest absolute Gasteiger partial charge is 0.380 e. The molecule has 0 unspecified atom stereocenters. The zero-order valence-electron chi connectivity index (χ0n) is 14.7. The predicted molar refractivity (Wildman–Crippen MR) is 99.4 cm³/mol. The Labute approximate surface area is 153 Å². The Balaban J connectivity index is 2.08. The molecular formula is C20H20O5S. The van der Waals surface area contributed by atoms with Crippen LogP contribution in [0, 0.1) is 0 Å². The van der Waals surface area contributed by atoms with Gasteiger partial charge < -0.3 is 8.92 Å². The minimum atomic E-state index is -3.86. The fraction of sp³-hybridized carbons (Fsp3) is 0.250. The molecule has 6 heteroatoms. The van der Waals surface area contributed by atoms with Crippen molar-refractivity contribution < 1.29 is 22.1 Å². The van der Waals surface area contributed by atoms with Crippen molar-refractivity contribution in [2.24, 2.45) is 0 Å². The van der Waals surface area contributed by atoms with E-state index in [2.05, 4.69) is 16.3 Å². The van der Waals surface area contributed by atoms with Crippen LogP contribution in [-0.4, -0.2) is 34.4 Å². The highest BCUT2D eigenvalue weighted by Crippen LogP contribution is 2.36. The maximum atomic E-state index is 12.1. The van der Waals surface area contributed by atoms with Gasteiger partial charge in [-0.15, -0.1) is 0 Å². The molecule has 0 saturated carbocycles. The summed E-state index contributed by atoms with van der Waals surface area (Å²) >= 11 is 0. The van der Waals surface area contributed by atoms with E-state index >= 15 is 0 Å². The molecule has 5 nitrogen and oxygen atoms in total. The Morgan fingerprint density at radius 3 is 2.58 bits per heavy atom. The average Bonchev–Trinajstić information content (AvgIpc) is 2.60. The number of hydrogen-bond donors (Lipinski definition) is 0. The molecule has 1 aliphatic carbocycles. The minimum absolute atomic E-state index is 0.195. The third-order valence-corrected chi connectivity index (χ3v) is 4.72. The summed E-state index contributed by atoms with van der Waals surface area (Å²) in [5, 5.41) is 0. The van der Waals surface area contributed by atoms with Gasteiger partial charge >= 0.3 is 16.1 Å². The quantitative estimate of drug-likeness (QED) is 0.754. The van der Waals surface area contributed by atoms with Gasteiger partial charge in [0.2, 0.25) is 0 Å². The van der Waals surface area contributed by atoms with Crippen LogP contribution in [0.4, 0.5) is 0 Å². The number of ether oxygens (including phenoxy) is 1. The Morgan fingerprint density at radius 2 is 1.85 bits per heavy atom. The third kappa shape index (κ3) is 4.03. The smallest absolute Gasteiger partial charge is 0.353 e. The van der Waals surface area contributed by atoms with Crippen molar-refractivity contribution in [1.82, 2.24) is 0 Å². The second-order valence-electron chi connectivity index (χ2n) is 6.22. The van der Waals surface area contributed by atoms with Gasteiger partial charge in [-0.2, -0.15) is 8.42 Å². The van der Waals surface area contributed by atoms with Crippen molar-refractivity contribution in [2.75, 3.05) is 20.0 Å². The highest BCUT2D eigenvalue weighted by molar-refractivity contribution is 7.86. The topological polar surface area (TPSA) is 69.7 Å². The second kappa shape index (κ2) is 7.43. The lowest BCUT2D eigenvalue weighted by atomic mass is 9.82. The fourth-order valence-electron chi connectivity index (χ4n) is 3.25. The van der Waals surface area contributed by atoms with E-state index in [9.17, 15) is 13.2 Å². The van der Waals surface area contributed by atoms with E-state index in [1.165, 1.54) is 5.56 Å². The van der Waals surface area contributed by atoms with Gasteiger partial charge in [0.25, 0.3) is 0 Å². The molecule has 0 amide bonds. The standard InChI is InChI=1S/C20H20O5S/c1-24-13-17-11-10-14-6-3-4-9-18(14)19(17)15-7-5-8-16(12-15)20(21)25-26(2,22)23/h3-9,12H,10-11,13H2,1-2H3. The zero-order valence-corrected chi connectivity index (χ0v) is 15.5. The van der Waals surface area contributed by atoms with Crippen LogP contribution in [0.1, 0.15) is 33.5 Å². The molecule has 0 radical (unpaired) electrons. The van der Waals surface area contributed by atoms with Gasteiger partial charge in [0.15, 0.2) is 0 Å². The van der Waals surface area contributed by atoms with Crippen molar-refractivity contribution in [3.05, 3.63) is 76.4 Å². The van der Waals surface area contributed by atoms with Crippen LogP contribution < -0.4 is 0 Å². The number of benzene rings is 2. The van der Waals surface area contributed by atoms with Crippen LogP contribution in [0.15, 0.2) is 54.1 Å². The molecule has 0 spiro atoms. The van der Waals surface area contributed by atoms with Crippen molar-refractivity contribution >= 4 is 21.7 Å². The maximum Gasteiger partial charge on any atom is 0.353 e. The Morgan fingerprint density at radius 1 is 1.08 bits per heavy atom. The van der Waals surface area contributed by atoms with Gasteiger partial charge in [0.05, 0.1) is 18.4 Å². The SMILES string of the molecule is COCC1=C(c2cccc(C(=O)OS(C)(=O)=O)c2)c2ccccc2CC1. The summed E-state index contributed by atoms with van der Waals surface area (Å²) in [5.74, 6) is -0.882. The van der Waals surface area contributed by atoms with Crippen molar-refractivity contribution in [3.63, 3.8) is 0 Å². The van der Waals surface area contributed by atoms with E-state index in [4.69, 9.17) is 4.74 Å². The Bertz CT molecular complexity index is 973. The first kappa shape index (κ1) is 18.4. The summed E-state index contributed by atoms with van der Waals surface area (Å²) in [7, 11) is -2.20. The van der Waals surface area contributed by atoms with Crippen LogP contribution in [0.25, 0.3) is 5.57 Å². The molecule has 0 saturated heterocycles. The predicted octanol–water partition coefficient (Wildman–Crippen LogP) is 3.20. The average molecular weight is 372 g/mol. The summed E-state index contributed by atoms with van der Waals surface area (Å²) < 4.78 is 32.3. The molecule has 0 heterocycles. The van der Waals surface area contributed by atoms with E-state index in [1.54, 1.807) is 25.3 Å². The summed E-state index contributed by atoms with van der Waals surface area (Å²) in [5.41, 5.74) is 5.57. The van der Waals surface area contributed by atoms with Gasteiger partial charge in [-0.3, -0.25) is 0 Å². The molecule has 3 rings (SSSR count). The van der Waals surface area contributed by atoms with Crippen LogP contribution in [0.5, 0.6) is 0 Å². The molecule has 0 atom stereocenters. The number of rotatable bonds is 5. The number of aryl methyl sites for hydroxylation is 1. The lowest BCUT2D eigenvalue weighted by molar-refractivity contribution is 0.0748. The molecule has 1 aliphatic rings. The Hall–Kier alpha value is -2.44.